The van der Waals surface area contributed by atoms with Gasteiger partial charge in [0.05, 0.1) is 6.54 Å². The van der Waals surface area contributed by atoms with Crippen LogP contribution in [0.25, 0.3) is 0 Å². The number of nitrogens with one attached hydrogen (secondary N) is 1. The zero-order chi connectivity index (χ0) is 15.2. The van der Waals surface area contributed by atoms with E-state index in [0.717, 1.165) is 31.7 Å². The van der Waals surface area contributed by atoms with Crippen molar-refractivity contribution in [1.29, 1.82) is 0 Å². The number of nitrogens with zero attached hydrogens (tertiary/aromatic N) is 2. The van der Waals surface area contributed by atoms with Gasteiger partial charge in [-0.05, 0) is 18.7 Å². The molecule has 1 aliphatic heterocycles. The Morgan fingerprint density at radius 2 is 2.10 bits per heavy atom. The van der Waals surface area contributed by atoms with Crippen molar-refractivity contribution in [3.63, 3.8) is 0 Å². The molecule has 1 amide bonds. The van der Waals surface area contributed by atoms with E-state index in [0.29, 0.717) is 13.1 Å². The van der Waals surface area contributed by atoms with Gasteiger partial charge >= 0.3 is 0 Å². The van der Waals surface area contributed by atoms with Gasteiger partial charge in [0.1, 0.15) is 0 Å². The minimum absolute atomic E-state index is 0.0225. The van der Waals surface area contributed by atoms with Gasteiger partial charge in [0.15, 0.2) is 0 Å². The lowest BCUT2D eigenvalue weighted by Crippen LogP contribution is -2.49. The van der Waals surface area contributed by atoms with Crippen LogP contribution in [-0.4, -0.2) is 55.5 Å². The normalized spacial score (nSPS) is 15.8. The van der Waals surface area contributed by atoms with E-state index in [1.807, 2.05) is 16.8 Å². The summed E-state index contributed by atoms with van der Waals surface area (Å²) in [6, 6.07) is 6.34. The molecule has 1 fully saturated rings. The molecule has 2 rings (SSSR count). The summed E-state index contributed by atoms with van der Waals surface area (Å²) in [5, 5.41) is 3.20. The number of halogens is 2. The van der Waals surface area contributed by atoms with Crippen molar-refractivity contribution < 1.29 is 13.6 Å². The smallest absolute Gasteiger partial charge is 0.263 e. The summed E-state index contributed by atoms with van der Waals surface area (Å²) in [6.07, 6.45) is -2.46. The molecule has 1 heterocycles. The van der Waals surface area contributed by atoms with Crippen molar-refractivity contribution >= 4 is 5.91 Å². The lowest BCUT2D eigenvalue weighted by Gasteiger charge is -2.29. The fourth-order valence-electron chi connectivity index (χ4n) is 2.44. The Morgan fingerprint density at radius 3 is 2.76 bits per heavy atom. The van der Waals surface area contributed by atoms with Gasteiger partial charge in [0.2, 0.25) is 5.91 Å². The van der Waals surface area contributed by atoms with Crippen LogP contribution in [0.1, 0.15) is 17.6 Å². The van der Waals surface area contributed by atoms with Gasteiger partial charge < -0.3 is 10.2 Å². The van der Waals surface area contributed by atoms with Crippen molar-refractivity contribution in [2.45, 2.75) is 13.0 Å². The highest BCUT2D eigenvalue weighted by molar-refractivity contribution is 5.78. The molecular formula is C15H21F2N3O. The minimum atomic E-state index is -2.46. The molecule has 21 heavy (non-hydrogen) atoms. The van der Waals surface area contributed by atoms with Crippen LogP contribution in [0.5, 0.6) is 0 Å². The van der Waals surface area contributed by atoms with E-state index < -0.39 is 6.43 Å². The molecule has 0 unspecified atom stereocenters. The van der Waals surface area contributed by atoms with Gasteiger partial charge in [-0.2, -0.15) is 0 Å². The fraction of sp³-hybridized carbons (Fsp3) is 0.533. The molecule has 1 saturated heterocycles. The predicted octanol–water partition coefficient (Wildman–Crippen LogP) is 1.49. The van der Waals surface area contributed by atoms with Gasteiger partial charge in [-0.15, -0.1) is 0 Å². The first-order valence-electron chi connectivity index (χ1n) is 7.10. The number of piperazine rings is 1. The number of benzene rings is 1. The summed E-state index contributed by atoms with van der Waals surface area (Å²) in [6.45, 7) is 3.90. The van der Waals surface area contributed by atoms with Crippen LogP contribution in [0.15, 0.2) is 24.3 Å². The molecule has 4 nitrogen and oxygen atoms in total. The number of carbonyl (C=O) groups is 1. The van der Waals surface area contributed by atoms with Gasteiger partial charge in [-0.1, -0.05) is 18.2 Å². The van der Waals surface area contributed by atoms with Crippen LogP contribution in [0, 0.1) is 0 Å². The number of likely N-dealkylation sites (N-methyl/N-ethyl adjacent to an activating group) is 1. The lowest BCUT2D eigenvalue weighted by molar-refractivity contribution is -0.132. The van der Waals surface area contributed by atoms with Crippen molar-refractivity contribution in [2.75, 3.05) is 39.8 Å². The number of rotatable bonds is 5. The number of amides is 1. The second-order valence-corrected chi connectivity index (χ2v) is 5.35. The third-order valence-corrected chi connectivity index (χ3v) is 3.53. The minimum Gasteiger partial charge on any atom is -0.339 e. The third-order valence-electron chi connectivity index (χ3n) is 3.53. The number of carbonyl (C=O) groups excluding carboxylic acids is 1. The Labute approximate surface area is 123 Å². The van der Waals surface area contributed by atoms with Crippen LogP contribution >= 0.6 is 0 Å². The maximum absolute atomic E-state index is 12.7. The van der Waals surface area contributed by atoms with E-state index in [-0.39, 0.29) is 11.5 Å². The highest BCUT2D eigenvalue weighted by Gasteiger charge is 2.17. The molecular weight excluding hydrogens is 276 g/mol. The van der Waals surface area contributed by atoms with Gasteiger partial charge in [0, 0.05) is 38.3 Å². The maximum atomic E-state index is 12.7. The molecule has 1 aromatic rings. The Balaban J connectivity index is 1.87. The third kappa shape index (κ3) is 4.75. The maximum Gasteiger partial charge on any atom is 0.263 e. The van der Waals surface area contributed by atoms with Crippen LogP contribution in [0.4, 0.5) is 8.78 Å². The predicted molar refractivity (Wildman–Crippen MR) is 77.2 cm³/mol. The fourth-order valence-corrected chi connectivity index (χ4v) is 2.44. The molecule has 0 radical (unpaired) electrons. The van der Waals surface area contributed by atoms with Crippen molar-refractivity contribution in [1.82, 2.24) is 15.1 Å². The number of hydrogen-bond donors (Lipinski definition) is 1. The Kier molecular flexibility index (Phi) is 5.64. The monoisotopic (exact) mass is 297 g/mol. The quantitative estimate of drug-likeness (QED) is 0.894. The molecule has 1 aliphatic rings. The van der Waals surface area contributed by atoms with E-state index in [9.17, 15) is 13.6 Å². The first-order chi connectivity index (χ1) is 10.1. The highest BCUT2D eigenvalue weighted by Crippen LogP contribution is 2.19. The van der Waals surface area contributed by atoms with Crippen LogP contribution in [-0.2, 0) is 11.3 Å². The van der Waals surface area contributed by atoms with Crippen molar-refractivity contribution in [2.24, 2.45) is 0 Å². The Morgan fingerprint density at radius 1 is 1.38 bits per heavy atom. The highest BCUT2D eigenvalue weighted by atomic mass is 19.3. The lowest BCUT2D eigenvalue weighted by atomic mass is 10.1. The van der Waals surface area contributed by atoms with E-state index in [1.165, 1.54) is 12.1 Å². The molecule has 0 spiro atoms. The SMILES string of the molecule is CN(CC(=O)N1CCNCC1)Cc1cccc(C(F)F)c1. The summed E-state index contributed by atoms with van der Waals surface area (Å²) in [5.74, 6) is 0.0871. The van der Waals surface area contributed by atoms with Crippen LogP contribution in [0.3, 0.4) is 0 Å². The van der Waals surface area contributed by atoms with Crippen molar-refractivity contribution in [3.05, 3.63) is 35.4 Å². The molecule has 0 atom stereocenters. The molecule has 0 bridgehead atoms. The summed E-state index contributed by atoms with van der Waals surface area (Å²) >= 11 is 0. The van der Waals surface area contributed by atoms with Gasteiger partial charge in [-0.3, -0.25) is 9.69 Å². The van der Waals surface area contributed by atoms with Crippen LogP contribution in [0.2, 0.25) is 0 Å². The zero-order valence-electron chi connectivity index (χ0n) is 12.2. The molecule has 0 aromatic heterocycles. The average molecular weight is 297 g/mol. The summed E-state index contributed by atoms with van der Waals surface area (Å²) in [7, 11) is 1.83. The van der Waals surface area contributed by atoms with Crippen molar-refractivity contribution in [3.8, 4) is 0 Å². The zero-order valence-corrected chi connectivity index (χ0v) is 12.2. The average Bonchev–Trinajstić information content (AvgIpc) is 2.48. The summed E-state index contributed by atoms with van der Waals surface area (Å²) < 4.78 is 25.3. The largest absolute Gasteiger partial charge is 0.339 e. The molecule has 1 N–H and O–H groups in total. The van der Waals surface area contributed by atoms with Gasteiger partial charge in [0.25, 0.3) is 6.43 Å². The van der Waals surface area contributed by atoms with Gasteiger partial charge in [-0.25, -0.2) is 8.78 Å². The topological polar surface area (TPSA) is 35.6 Å². The standard InChI is InChI=1S/C15H21F2N3O/c1-19(11-14(21)20-7-5-18-6-8-20)10-12-3-2-4-13(9-12)15(16)17/h2-4,9,15,18H,5-8,10-11H2,1H3. The summed E-state index contributed by atoms with van der Waals surface area (Å²) in [4.78, 5) is 15.8. The molecule has 0 saturated carbocycles. The molecule has 6 heteroatoms. The second-order valence-electron chi connectivity index (χ2n) is 5.35. The first kappa shape index (κ1) is 15.9. The van der Waals surface area contributed by atoms with E-state index in [1.54, 1.807) is 12.1 Å². The molecule has 1 aromatic carbocycles. The number of alkyl halides is 2. The Bertz CT molecular complexity index is 476. The van der Waals surface area contributed by atoms with E-state index in [4.69, 9.17) is 0 Å². The number of hydrogen-bond acceptors (Lipinski definition) is 3. The molecule has 116 valence electrons. The van der Waals surface area contributed by atoms with E-state index in [2.05, 4.69) is 5.32 Å². The molecule has 0 aliphatic carbocycles. The first-order valence-corrected chi connectivity index (χ1v) is 7.10. The summed E-state index contributed by atoms with van der Waals surface area (Å²) in [5.41, 5.74) is 0.817. The Hall–Kier alpha value is -1.53. The van der Waals surface area contributed by atoms with E-state index >= 15 is 0 Å². The van der Waals surface area contributed by atoms with Crippen LogP contribution < -0.4 is 5.32 Å². The second kappa shape index (κ2) is 7.47.